The zero-order valence-electron chi connectivity index (χ0n) is 9.71. The molecule has 1 aromatic heterocycles. The van der Waals surface area contributed by atoms with Crippen molar-refractivity contribution < 1.29 is 19.2 Å². The number of hydrogen-bond donors (Lipinski definition) is 1. The average molecular weight is 238 g/mol. The van der Waals surface area contributed by atoms with Crippen LogP contribution >= 0.6 is 0 Å². The summed E-state index contributed by atoms with van der Waals surface area (Å²) in [5.74, 6) is -1.44. The second-order valence-corrected chi connectivity index (χ2v) is 4.31. The van der Waals surface area contributed by atoms with Crippen molar-refractivity contribution in [2.75, 3.05) is 6.54 Å². The molecular weight excluding hydrogens is 224 g/mol. The molecule has 0 aromatic carbocycles. The minimum atomic E-state index is -0.859. The van der Waals surface area contributed by atoms with Gasteiger partial charge in [0.05, 0.1) is 12.1 Å². The molecule has 0 spiro atoms. The van der Waals surface area contributed by atoms with Gasteiger partial charge in [0.2, 0.25) is 5.76 Å². The minimum Gasteiger partial charge on any atom is -0.481 e. The van der Waals surface area contributed by atoms with E-state index < -0.39 is 11.9 Å². The van der Waals surface area contributed by atoms with E-state index in [9.17, 15) is 9.59 Å². The topological polar surface area (TPSA) is 83.6 Å². The van der Waals surface area contributed by atoms with Gasteiger partial charge >= 0.3 is 5.97 Å². The summed E-state index contributed by atoms with van der Waals surface area (Å²) in [5, 5.41) is 12.5. The minimum absolute atomic E-state index is 0.197. The summed E-state index contributed by atoms with van der Waals surface area (Å²) in [6, 6.07) is -0.315. The third kappa shape index (κ3) is 1.90. The molecule has 2 heterocycles. The van der Waals surface area contributed by atoms with Gasteiger partial charge in [0.25, 0.3) is 5.91 Å². The van der Waals surface area contributed by atoms with Gasteiger partial charge in [-0.05, 0) is 20.3 Å². The van der Waals surface area contributed by atoms with E-state index in [1.165, 1.54) is 11.1 Å². The summed E-state index contributed by atoms with van der Waals surface area (Å²) in [4.78, 5) is 24.6. The Morgan fingerprint density at radius 1 is 1.59 bits per heavy atom. The van der Waals surface area contributed by atoms with Crippen molar-refractivity contribution in [3.05, 3.63) is 17.5 Å². The van der Waals surface area contributed by atoms with Gasteiger partial charge in [-0.1, -0.05) is 5.16 Å². The quantitative estimate of drug-likeness (QED) is 0.828. The molecule has 0 aliphatic carbocycles. The zero-order valence-corrected chi connectivity index (χ0v) is 9.71. The summed E-state index contributed by atoms with van der Waals surface area (Å²) in [5.41, 5.74) is 0.668. The summed E-state index contributed by atoms with van der Waals surface area (Å²) in [6.45, 7) is 3.92. The molecule has 1 aliphatic heterocycles. The molecule has 1 aromatic rings. The van der Waals surface area contributed by atoms with Crippen LogP contribution in [0.2, 0.25) is 0 Å². The van der Waals surface area contributed by atoms with Crippen molar-refractivity contribution >= 4 is 11.9 Å². The predicted molar refractivity (Wildman–Crippen MR) is 57.5 cm³/mol. The number of carbonyl (C=O) groups is 2. The molecule has 92 valence electrons. The molecule has 1 saturated heterocycles. The fourth-order valence-electron chi connectivity index (χ4n) is 2.18. The first kappa shape index (κ1) is 11.6. The van der Waals surface area contributed by atoms with E-state index in [4.69, 9.17) is 9.63 Å². The second-order valence-electron chi connectivity index (χ2n) is 4.31. The lowest BCUT2D eigenvalue weighted by Crippen LogP contribution is -2.37. The summed E-state index contributed by atoms with van der Waals surface area (Å²) < 4.78 is 4.89. The molecule has 6 heteroatoms. The Hall–Kier alpha value is -1.85. The molecule has 1 aliphatic rings. The highest BCUT2D eigenvalue weighted by Crippen LogP contribution is 2.26. The fourth-order valence-corrected chi connectivity index (χ4v) is 2.18. The molecule has 0 bridgehead atoms. The van der Waals surface area contributed by atoms with Crippen LogP contribution in [0.5, 0.6) is 0 Å². The van der Waals surface area contributed by atoms with Gasteiger partial charge in [-0.15, -0.1) is 0 Å². The molecule has 2 rings (SSSR count). The highest BCUT2D eigenvalue weighted by molar-refractivity contribution is 5.93. The number of carboxylic acids is 1. The van der Waals surface area contributed by atoms with Gasteiger partial charge in [-0.25, -0.2) is 0 Å². The van der Waals surface area contributed by atoms with Crippen molar-refractivity contribution in [3.8, 4) is 0 Å². The van der Waals surface area contributed by atoms with Crippen LogP contribution in [-0.4, -0.2) is 39.6 Å². The van der Waals surface area contributed by atoms with Crippen LogP contribution in [0.4, 0.5) is 0 Å². The highest BCUT2D eigenvalue weighted by Gasteiger charge is 2.39. The molecule has 2 unspecified atom stereocenters. The van der Waals surface area contributed by atoms with Crippen molar-refractivity contribution in [2.45, 2.75) is 26.3 Å². The van der Waals surface area contributed by atoms with Gasteiger partial charge in [-0.3, -0.25) is 9.59 Å². The number of hydrogen-bond acceptors (Lipinski definition) is 4. The van der Waals surface area contributed by atoms with E-state index in [-0.39, 0.29) is 17.7 Å². The van der Waals surface area contributed by atoms with Crippen LogP contribution < -0.4 is 0 Å². The molecule has 0 saturated carbocycles. The van der Waals surface area contributed by atoms with Crippen molar-refractivity contribution in [3.63, 3.8) is 0 Å². The van der Waals surface area contributed by atoms with E-state index in [0.29, 0.717) is 18.5 Å². The number of aliphatic carboxylic acids is 1. The van der Waals surface area contributed by atoms with Gasteiger partial charge < -0.3 is 14.5 Å². The number of nitrogens with zero attached hydrogens (tertiary/aromatic N) is 2. The first-order valence-corrected chi connectivity index (χ1v) is 5.47. The standard InChI is InChI=1S/C11H14N2O4/c1-6-5-12-17-9(6)10(14)13-4-3-8(7(13)2)11(15)16/h5,7-8H,3-4H2,1-2H3,(H,15,16). The number of aromatic nitrogens is 1. The Bertz CT molecular complexity index is 454. The maximum Gasteiger partial charge on any atom is 0.308 e. The van der Waals surface area contributed by atoms with Gasteiger partial charge in [0, 0.05) is 18.2 Å². The Morgan fingerprint density at radius 2 is 2.29 bits per heavy atom. The fraction of sp³-hybridized carbons (Fsp3) is 0.545. The zero-order chi connectivity index (χ0) is 12.6. The number of carboxylic acid groups (broad SMARTS) is 1. The lowest BCUT2D eigenvalue weighted by Gasteiger charge is -2.22. The number of likely N-dealkylation sites (tertiary alicyclic amines) is 1. The van der Waals surface area contributed by atoms with Crippen LogP contribution in [0.1, 0.15) is 29.5 Å². The lowest BCUT2D eigenvalue weighted by molar-refractivity contribution is -0.142. The van der Waals surface area contributed by atoms with Crippen LogP contribution in [0.25, 0.3) is 0 Å². The smallest absolute Gasteiger partial charge is 0.308 e. The summed E-state index contributed by atoms with van der Waals surface area (Å²) in [6.07, 6.45) is 1.96. The second kappa shape index (κ2) is 4.20. The van der Waals surface area contributed by atoms with E-state index in [1.807, 2.05) is 0 Å². The molecule has 2 atom stereocenters. The van der Waals surface area contributed by atoms with E-state index in [2.05, 4.69) is 5.16 Å². The van der Waals surface area contributed by atoms with Crippen molar-refractivity contribution in [1.82, 2.24) is 10.1 Å². The van der Waals surface area contributed by atoms with Gasteiger partial charge in [0.1, 0.15) is 0 Å². The van der Waals surface area contributed by atoms with Gasteiger partial charge in [0.15, 0.2) is 0 Å². The highest BCUT2D eigenvalue weighted by atomic mass is 16.5. The first-order chi connectivity index (χ1) is 8.02. The summed E-state index contributed by atoms with van der Waals surface area (Å²) in [7, 11) is 0. The molecule has 1 fully saturated rings. The molecule has 17 heavy (non-hydrogen) atoms. The Morgan fingerprint density at radius 3 is 2.76 bits per heavy atom. The number of aryl methyl sites for hydroxylation is 1. The molecule has 0 radical (unpaired) electrons. The number of rotatable bonds is 2. The number of amides is 1. The first-order valence-electron chi connectivity index (χ1n) is 5.47. The maximum atomic E-state index is 12.1. The third-order valence-corrected chi connectivity index (χ3v) is 3.28. The normalized spacial score (nSPS) is 24.0. The Labute approximate surface area is 98.2 Å². The van der Waals surface area contributed by atoms with Crippen LogP contribution in [0, 0.1) is 12.8 Å². The SMILES string of the molecule is Cc1cnoc1C(=O)N1CCC(C(=O)O)C1C. The largest absolute Gasteiger partial charge is 0.481 e. The predicted octanol–water partition coefficient (Wildman–Crippen LogP) is 0.918. The van der Waals surface area contributed by atoms with Crippen LogP contribution in [-0.2, 0) is 4.79 Å². The molecular formula is C11H14N2O4. The van der Waals surface area contributed by atoms with Crippen LogP contribution in [0.15, 0.2) is 10.7 Å². The average Bonchev–Trinajstić information content (AvgIpc) is 2.83. The Balaban J connectivity index is 2.18. The third-order valence-electron chi connectivity index (χ3n) is 3.28. The summed E-state index contributed by atoms with van der Waals surface area (Å²) >= 11 is 0. The van der Waals surface area contributed by atoms with E-state index >= 15 is 0 Å². The van der Waals surface area contributed by atoms with Gasteiger partial charge in [-0.2, -0.15) is 0 Å². The number of carbonyl (C=O) groups excluding carboxylic acids is 1. The van der Waals surface area contributed by atoms with Crippen LogP contribution in [0.3, 0.4) is 0 Å². The maximum absolute atomic E-state index is 12.1. The lowest BCUT2D eigenvalue weighted by atomic mass is 10.0. The molecule has 6 nitrogen and oxygen atoms in total. The van der Waals surface area contributed by atoms with Crippen molar-refractivity contribution in [2.24, 2.45) is 5.92 Å². The van der Waals surface area contributed by atoms with Crippen molar-refractivity contribution in [1.29, 1.82) is 0 Å². The van der Waals surface area contributed by atoms with E-state index in [1.54, 1.807) is 13.8 Å². The molecule has 1 N–H and O–H groups in total. The van der Waals surface area contributed by atoms with E-state index in [0.717, 1.165) is 0 Å². The molecule has 1 amide bonds. The Kier molecular flexibility index (Phi) is 2.87. The monoisotopic (exact) mass is 238 g/mol.